The Morgan fingerprint density at radius 3 is 2.39 bits per heavy atom. The fourth-order valence-electron chi connectivity index (χ4n) is 2.99. The Balaban J connectivity index is 1.79. The highest BCUT2D eigenvalue weighted by Gasteiger charge is 2.31. The predicted molar refractivity (Wildman–Crippen MR) is 112 cm³/mol. The van der Waals surface area contributed by atoms with Crippen LogP contribution in [0.15, 0.2) is 66.7 Å². The molecule has 4 nitrogen and oxygen atoms in total. The first-order valence-corrected chi connectivity index (χ1v) is 9.64. The minimum Gasteiger partial charge on any atom is -0.496 e. The van der Waals surface area contributed by atoms with Crippen LogP contribution in [0.4, 0.5) is 18.0 Å². The Hall–Kier alpha value is -3.19. The second-order valence-corrected chi connectivity index (χ2v) is 7.06. The largest absolute Gasteiger partial charge is 0.496 e. The second-order valence-electron chi connectivity index (χ2n) is 6.63. The molecule has 0 aliphatic rings. The number of benzene rings is 3. The lowest BCUT2D eigenvalue weighted by Crippen LogP contribution is -2.24. The van der Waals surface area contributed by atoms with Gasteiger partial charge in [0.05, 0.1) is 12.7 Å². The van der Waals surface area contributed by atoms with Gasteiger partial charge in [-0.05, 0) is 47.0 Å². The van der Waals surface area contributed by atoms with Crippen molar-refractivity contribution in [1.82, 2.24) is 5.32 Å². The zero-order chi connectivity index (χ0) is 22.4. The van der Waals surface area contributed by atoms with Crippen LogP contribution in [0, 0.1) is 0 Å². The third-order valence-electron chi connectivity index (χ3n) is 4.54. The summed E-state index contributed by atoms with van der Waals surface area (Å²) in [7, 11) is 1.48. The number of alkyl halides is 3. The first-order chi connectivity index (χ1) is 14.8. The van der Waals surface area contributed by atoms with Crippen molar-refractivity contribution < 1.29 is 27.4 Å². The van der Waals surface area contributed by atoms with Gasteiger partial charge in [0.15, 0.2) is 0 Å². The first-order valence-electron chi connectivity index (χ1n) is 9.26. The van der Waals surface area contributed by atoms with E-state index in [4.69, 9.17) is 21.1 Å². The SMILES string of the molecule is COc1ccccc1-c1ccc(C(F)(F)F)cc1CNC(=O)OCc1ccc(Cl)cc1. The topological polar surface area (TPSA) is 47.6 Å². The highest BCUT2D eigenvalue weighted by atomic mass is 35.5. The van der Waals surface area contributed by atoms with Crippen molar-refractivity contribution in [1.29, 1.82) is 0 Å². The van der Waals surface area contributed by atoms with Crippen LogP contribution >= 0.6 is 11.6 Å². The lowest BCUT2D eigenvalue weighted by Gasteiger charge is -2.16. The molecule has 0 heterocycles. The molecule has 0 radical (unpaired) electrons. The van der Waals surface area contributed by atoms with Crippen molar-refractivity contribution in [2.75, 3.05) is 7.11 Å². The predicted octanol–water partition coefficient (Wildman–Crippen LogP) is 6.46. The molecular formula is C23H19ClF3NO3. The normalized spacial score (nSPS) is 11.1. The van der Waals surface area contributed by atoms with Crippen molar-refractivity contribution in [3.8, 4) is 16.9 Å². The molecule has 3 aromatic carbocycles. The Morgan fingerprint density at radius 1 is 1.00 bits per heavy atom. The van der Waals surface area contributed by atoms with E-state index in [0.29, 0.717) is 21.9 Å². The number of methoxy groups -OCH3 is 1. The van der Waals surface area contributed by atoms with E-state index >= 15 is 0 Å². The van der Waals surface area contributed by atoms with Crippen LogP contribution < -0.4 is 10.1 Å². The molecule has 1 N–H and O–H groups in total. The number of hydrogen-bond donors (Lipinski definition) is 1. The van der Waals surface area contributed by atoms with E-state index in [1.54, 1.807) is 48.5 Å². The maximum atomic E-state index is 13.2. The van der Waals surface area contributed by atoms with E-state index in [-0.39, 0.29) is 18.7 Å². The fraction of sp³-hybridized carbons (Fsp3) is 0.174. The molecule has 0 saturated heterocycles. The number of rotatable bonds is 6. The molecular weight excluding hydrogens is 431 g/mol. The molecule has 0 saturated carbocycles. The number of hydrogen-bond acceptors (Lipinski definition) is 3. The quantitative estimate of drug-likeness (QED) is 0.469. The van der Waals surface area contributed by atoms with E-state index < -0.39 is 17.8 Å². The van der Waals surface area contributed by atoms with Gasteiger partial charge in [0.25, 0.3) is 0 Å². The van der Waals surface area contributed by atoms with Gasteiger partial charge in [-0.3, -0.25) is 0 Å². The molecule has 3 rings (SSSR count). The molecule has 8 heteroatoms. The number of carbonyl (C=O) groups excluding carboxylic acids is 1. The van der Waals surface area contributed by atoms with E-state index in [1.165, 1.54) is 13.2 Å². The summed E-state index contributed by atoms with van der Waals surface area (Å²) in [6, 6.07) is 17.1. The summed E-state index contributed by atoms with van der Waals surface area (Å²) >= 11 is 5.81. The van der Waals surface area contributed by atoms with Crippen molar-refractivity contribution in [3.63, 3.8) is 0 Å². The summed E-state index contributed by atoms with van der Waals surface area (Å²) in [5.74, 6) is 0.508. The number of carbonyl (C=O) groups is 1. The van der Waals surface area contributed by atoms with Crippen molar-refractivity contribution in [2.45, 2.75) is 19.3 Å². The molecule has 0 aromatic heterocycles. The van der Waals surface area contributed by atoms with Gasteiger partial charge in [-0.1, -0.05) is 48.0 Å². The van der Waals surface area contributed by atoms with Crippen LogP contribution in [-0.2, 0) is 24.1 Å². The lowest BCUT2D eigenvalue weighted by molar-refractivity contribution is -0.137. The third-order valence-corrected chi connectivity index (χ3v) is 4.79. The molecule has 0 bridgehead atoms. The van der Waals surface area contributed by atoms with Gasteiger partial charge in [-0.2, -0.15) is 13.2 Å². The molecule has 162 valence electrons. The van der Waals surface area contributed by atoms with Crippen molar-refractivity contribution in [2.24, 2.45) is 0 Å². The minimum atomic E-state index is -4.51. The van der Waals surface area contributed by atoms with Crippen LogP contribution in [-0.4, -0.2) is 13.2 Å². The number of para-hydroxylation sites is 1. The summed E-state index contributed by atoms with van der Waals surface area (Å²) in [5, 5.41) is 3.07. The smallest absolute Gasteiger partial charge is 0.416 e. The van der Waals surface area contributed by atoms with Crippen LogP contribution in [0.5, 0.6) is 5.75 Å². The van der Waals surface area contributed by atoms with Gasteiger partial charge in [-0.25, -0.2) is 4.79 Å². The van der Waals surface area contributed by atoms with Crippen LogP contribution in [0.1, 0.15) is 16.7 Å². The van der Waals surface area contributed by atoms with Gasteiger partial charge in [0, 0.05) is 17.1 Å². The summed E-state index contributed by atoms with van der Waals surface area (Å²) in [4.78, 5) is 12.1. The molecule has 0 aliphatic heterocycles. The molecule has 1 amide bonds. The van der Waals surface area contributed by atoms with Gasteiger partial charge >= 0.3 is 12.3 Å². The number of amides is 1. The molecule has 0 spiro atoms. The Morgan fingerprint density at radius 2 is 1.71 bits per heavy atom. The maximum absolute atomic E-state index is 13.2. The lowest BCUT2D eigenvalue weighted by atomic mass is 9.96. The van der Waals surface area contributed by atoms with E-state index in [2.05, 4.69) is 5.32 Å². The average Bonchev–Trinajstić information content (AvgIpc) is 2.76. The summed E-state index contributed by atoms with van der Waals surface area (Å²) in [5.41, 5.74) is 1.34. The molecule has 0 aliphatic carbocycles. The number of alkyl carbamates (subject to hydrolysis) is 1. The zero-order valence-corrected chi connectivity index (χ0v) is 17.3. The Kier molecular flexibility index (Phi) is 7.07. The first kappa shape index (κ1) is 22.5. The highest BCUT2D eigenvalue weighted by molar-refractivity contribution is 6.30. The number of nitrogens with one attached hydrogen (secondary N) is 1. The summed E-state index contributed by atoms with van der Waals surface area (Å²) < 4.78 is 50.2. The average molecular weight is 450 g/mol. The molecule has 31 heavy (non-hydrogen) atoms. The molecule has 0 unspecified atom stereocenters. The van der Waals surface area contributed by atoms with Gasteiger partial charge in [-0.15, -0.1) is 0 Å². The van der Waals surface area contributed by atoms with Crippen molar-refractivity contribution in [3.05, 3.63) is 88.4 Å². The summed E-state index contributed by atoms with van der Waals surface area (Å²) in [6.07, 6.45) is -5.26. The second kappa shape index (κ2) is 9.75. The molecule has 0 atom stereocenters. The van der Waals surface area contributed by atoms with E-state index in [0.717, 1.165) is 17.7 Å². The van der Waals surface area contributed by atoms with Crippen LogP contribution in [0.2, 0.25) is 5.02 Å². The van der Waals surface area contributed by atoms with Crippen LogP contribution in [0.25, 0.3) is 11.1 Å². The minimum absolute atomic E-state index is 0.00492. The van der Waals surface area contributed by atoms with Gasteiger partial charge < -0.3 is 14.8 Å². The van der Waals surface area contributed by atoms with E-state index in [1.807, 2.05) is 0 Å². The molecule has 0 fully saturated rings. The monoisotopic (exact) mass is 449 g/mol. The summed E-state index contributed by atoms with van der Waals surface area (Å²) in [6.45, 7) is -0.151. The number of halogens is 4. The third kappa shape index (κ3) is 5.92. The van der Waals surface area contributed by atoms with Gasteiger partial charge in [0.1, 0.15) is 12.4 Å². The Bertz CT molecular complexity index is 1050. The van der Waals surface area contributed by atoms with Gasteiger partial charge in [0.2, 0.25) is 0 Å². The maximum Gasteiger partial charge on any atom is 0.416 e. The zero-order valence-electron chi connectivity index (χ0n) is 16.5. The fourth-order valence-corrected chi connectivity index (χ4v) is 3.12. The highest BCUT2D eigenvalue weighted by Crippen LogP contribution is 2.36. The molecule has 3 aromatic rings. The Labute approximate surface area is 182 Å². The van der Waals surface area contributed by atoms with Crippen LogP contribution in [0.3, 0.4) is 0 Å². The number of ether oxygens (including phenoxy) is 2. The standard InChI is InChI=1S/C23H19ClF3NO3/c1-30-21-5-3-2-4-20(21)19-11-8-17(23(25,26)27)12-16(19)13-28-22(29)31-14-15-6-9-18(24)10-7-15/h2-12H,13-14H2,1H3,(H,28,29). The van der Waals surface area contributed by atoms with E-state index in [9.17, 15) is 18.0 Å². The van der Waals surface area contributed by atoms with Crippen molar-refractivity contribution >= 4 is 17.7 Å².